The zero-order chi connectivity index (χ0) is 23.8. The number of hydrogen-bond donors (Lipinski definition) is 2. The molecule has 5 heteroatoms. The molecule has 1 aliphatic carbocycles. The monoisotopic (exact) mass is 455 g/mol. The van der Waals surface area contributed by atoms with E-state index in [9.17, 15) is 14.6 Å². The molecular formula is C28H38FNO3. The molecule has 0 saturated carbocycles. The highest BCUT2D eigenvalue weighted by Crippen LogP contribution is 2.49. The van der Waals surface area contributed by atoms with Crippen molar-refractivity contribution in [2.24, 2.45) is 11.8 Å². The van der Waals surface area contributed by atoms with Crippen LogP contribution < -0.4 is 0 Å². The van der Waals surface area contributed by atoms with Crippen LogP contribution in [0.15, 0.2) is 58.9 Å². The first-order chi connectivity index (χ1) is 15.6. The summed E-state index contributed by atoms with van der Waals surface area (Å²) < 4.78 is 19.6. The molecule has 2 heterocycles. The van der Waals surface area contributed by atoms with Crippen molar-refractivity contribution >= 4 is 0 Å². The Morgan fingerprint density at radius 3 is 2.64 bits per heavy atom. The normalized spacial score (nSPS) is 24.9. The molecule has 2 atom stereocenters. The molecule has 3 aliphatic rings. The third kappa shape index (κ3) is 5.11. The Balaban J connectivity index is 1.54. The maximum atomic E-state index is 13.1. The third-order valence-electron chi connectivity index (χ3n) is 7.49. The number of piperidine rings is 1. The molecule has 33 heavy (non-hydrogen) atoms. The number of benzene rings is 1. The molecule has 180 valence electrons. The Morgan fingerprint density at radius 1 is 1.21 bits per heavy atom. The van der Waals surface area contributed by atoms with Gasteiger partial charge in [0.05, 0.1) is 5.57 Å². The molecule has 4 rings (SSSR count). The van der Waals surface area contributed by atoms with Crippen molar-refractivity contribution in [3.05, 3.63) is 70.3 Å². The number of nitrogens with zero attached hydrogens (tertiary/aromatic N) is 1. The molecule has 2 unspecified atom stereocenters. The number of halogens is 1. The highest BCUT2D eigenvalue weighted by Gasteiger charge is 2.49. The molecule has 1 aromatic rings. The Morgan fingerprint density at radius 2 is 1.94 bits per heavy atom. The Kier molecular flexibility index (Phi) is 6.86. The van der Waals surface area contributed by atoms with Crippen LogP contribution in [0.2, 0.25) is 0 Å². The fraction of sp³-hybridized carbons (Fsp3) is 0.571. The minimum atomic E-state index is -2.02. The van der Waals surface area contributed by atoms with Crippen molar-refractivity contribution < 1.29 is 19.3 Å². The molecule has 0 bridgehead atoms. The van der Waals surface area contributed by atoms with Crippen LogP contribution in [0.1, 0.15) is 58.9 Å². The first-order valence-corrected chi connectivity index (χ1v) is 12.4. The van der Waals surface area contributed by atoms with E-state index in [-0.39, 0.29) is 23.3 Å². The van der Waals surface area contributed by atoms with Crippen LogP contribution in [0.4, 0.5) is 4.39 Å². The smallest absolute Gasteiger partial charge is 0.214 e. The van der Waals surface area contributed by atoms with Crippen LogP contribution in [0, 0.1) is 17.7 Å². The van der Waals surface area contributed by atoms with Crippen molar-refractivity contribution in [2.45, 2.75) is 71.2 Å². The van der Waals surface area contributed by atoms with Crippen molar-refractivity contribution in [3.63, 3.8) is 0 Å². The minimum Gasteiger partial charge on any atom is -0.487 e. The number of fused-ring (bicyclic) bond motifs is 2. The van der Waals surface area contributed by atoms with Crippen molar-refractivity contribution in [2.75, 3.05) is 19.6 Å². The number of likely N-dealkylation sites (tertiary alicyclic amines) is 1. The lowest BCUT2D eigenvalue weighted by atomic mass is 9.71. The van der Waals surface area contributed by atoms with Gasteiger partial charge in [-0.25, -0.2) is 4.39 Å². The van der Waals surface area contributed by atoms with Crippen LogP contribution in [0.5, 0.6) is 0 Å². The summed E-state index contributed by atoms with van der Waals surface area (Å²) in [7, 11) is 0. The summed E-state index contributed by atoms with van der Waals surface area (Å²) in [6.45, 7) is 11.3. The number of allylic oxidation sites excluding steroid dienone is 2. The van der Waals surface area contributed by atoms with Gasteiger partial charge in [0.25, 0.3) is 0 Å². The lowest BCUT2D eigenvalue weighted by Gasteiger charge is -2.50. The summed E-state index contributed by atoms with van der Waals surface area (Å²) in [5.74, 6) is -1.30. The summed E-state index contributed by atoms with van der Waals surface area (Å²) in [6, 6.07) is 6.65. The molecule has 2 aliphatic heterocycles. The van der Waals surface area contributed by atoms with Crippen LogP contribution in [-0.4, -0.2) is 46.1 Å². The van der Waals surface area contributed by atoms with E-state index in [1.807, 2.05) is 18.2 Å². The summed E-state index contributed by atoms with van der Waals surface area (Å²) in [5, 5.41) is 22.4. The molecular weight excluding hydrogens is 417 g/mol. The third-order valence-corrected chi connectivity index (χ3v) is 7.49. The average Bonchev–Trinajstić information content (AvgIpc) is 2.73. The predicted molar refractivity (Wildman–Crippen MR) is 129 cm³/mol. The van der Waals surface area contributed by atoms with Gasteiger partial charge in [0, 0.05) is 12.5 Å². The minimum absolute atomic E-state index is 0.149. The molecule has 0 spiro atoms. The first-order valence-electron chi connectivity index (χ1n) is 12.4. The molecule has 0 amide bonds. The largest absolute Gasteiger partial charge is 0.487 e. The van der Waals surface area contributed by atoms with Gasteiger partial charge in [-0.15, -0.1) is 0 Å². The predicted octanol–water partition coefficient (Wildman–Crippen LogP) is 5.13. The summed E-state index contributed by atoms with van der Waals surface area (Å²) in [6.07, 6.45) is 8.37. The van der Waals surface area contributed by atoms with E-state index in [1.54, 1.807) is 6.08 Å². The number of aliphatic hydroxyl groups is 2. The van der Waals surface area contributed by atoms with Gasteiger partial charge in [0.2, 0.25) is 5.79 Å². The van der Waals surface area contributed by atoms with Gasteiger partial charge >= 0.3 is 0 Å². The quantitative estimate of drug-likeness (QED) is 0.560. The van der Waals surface area contributed by atoms with E-state index in [2.05, 4.69) is 32.6 Å². The van der Waals surface area contributed by atoms with Gasteiger partial charge < -0.3 is 14.9 Å². The fourth-order valence-corrected chi connectivity index (χ4v) is 5.74. The second-order valence-corrected chi connectivity index (χ2v) is 10.5. The van der Waals surface area contributed by atoms with E-state index >= 15 is 0 Å². The Hall–Kier alpha value is -1.95. The van der Waals surface area contributed by atoms with Crippen molar-refractivity contribution in [1.82, 2.24) is 4.90 Å². The van der Waals surface area contributed by atoms with Crippen LogP contribution in [-0.2, 0) is 11.2 Å². The maximum absolute atomic E-state index is 13.1. The number of rotatable bonds is 7. The van der Waals surface area contributed by atoms with Crippen LogP contribution >= 0.6 is 0 Å². The van der Waals surface area contributed by atoms with Crippen molar-refractivity contribution in [3.8, 4) is 0 Å². The van der Waals surface area contributed by atoms with E-state index < -0.39 is 5.79 Å². The van der Waals surface area contributed by atoms with Gasteiger partial charge in [-0.05, 0) is 106 Å². The van der Waals surface area contributed by atoms with Crippen LogP contribution in [0.3, 0.4) is 0 Å². The molecule has 4 nitrogen and oxygen atoms in total. The number of hydrogen-bond acceptors (Lipinski definition) is 4. The van der Waals surface area contributed by atoms with Crippen molar-refractivity contribution in [1.29, 1.82) is 0 Å². The average molecular weight is 456 g/mol. The summed E-state index contributed by atoms with van der Waals surface area (Å²) in [4.78, 5) is 2.41. The highest BCUT2D eigenvalue weighted by atomic mass is 19.1. The molecule has 1 aromatic carbocycles. The standard InChI is InChI=1S/C28H38FNO3/c1-5-14-30-15-13-24-23(18-30)26-25(33-27(24,3)4)16-21(17-28(26,31)32)19(2)7-6-8-20-9-11-22(29)12-10-20/h9-12,16-17,19,24,31-32H,5-8,13-15,18H2,1-4H3. The second-order valence-electron chi connectivity index (χ2n) is 10.5. The van der Waals surface area contributed by atoms with E-state index in [0.717, 1.165) is 68.4 Å². The topological polar surface area (TPSA) is 52.9 Å². The fourth-order valence-electron chi connectivity index (χ4n) is 5.74. The van der Waals surface area contributed by atoms with Gasteiger partial charge in [-0.3, -0.25) is 4.90 Å². The maximum Gasteiger partial charge on any atom is 0.214 e. The SMILES string of the molecule is CCCN1CCC2C(=C3C(=CC(C(C)CCCc4ccc(F)cc4)=CC3(O)O)OC2(C)C)C1. The molecule has 1 fully saturated rings. The second kappa shape index (κ2) is 9.36. The van der Waals surface area contributed by atoms with Gasteiger partial charge in [0.1, 0.15) is 17.2 Å². The van der Waals surface area contributed by atoms with E-state index in [1.165, 1.54) is 12.1 Å². The molecule has 1 saturated heterocycles. The Bertz CT molecular complexity index is 958. The van der Waals surface area contributed by atoms with Crippen LogP contribution in [0.25, 0.3) is 0 Å². The highest BCUT2D eigenvalue weighted by molar-refractivity contribution is 5.52. The lowest BCUT2D eigenvalue weighted by molar-refractivity contribution is -0.108. The molecule has 2 N–H and O–H groups in total. The first kappa shape index (κ1) is 24.2. The number of aryl methyl sites for hydroxylation is 1. The lowest BCUT2D eigenvalue weighted by Crippen LogP contribution is -2.51. The Labute approximate surface area is 197 Å². The zero-order valence-corrected chi connectivity index (χ0v) is 20.4. The number of ether oxygens (including phenoxy) is 1. The van der Waals surface area contributed by atoms with Gasteiger partial charge in [-0.2, -0.15) is 0 Å². The molecule has 0 radical (unpaired) electrons. The van der Waals surface area contributed by atoms with Gasteiger partial charge in [-0.1, -0.05) is 26.0 Å². The summed E-state index contributed by atoms with van der Waals surface area (Å²) >= 11 is 0. The summed E-state index contributed by atoms with van der Waals surface area (Å²) in [5.41, 5.74) is 3.29. The van der Waals surface area contributed by atoms with Gasteiger partial charge in [0.15, 0.2) is 0 Å². The van der Waals surface area contributed by atoms with E-state index in [4.69, 9.17) is 4.74 Å². The van der Waals surface area contributed by atoms with E-state index in [0.29, 0.717) is 11.3 Å². The zero-order valence-electron chi connectivity index (χ0n) is 20.4. The molecule has 0 aromatic heterocycles.